The first-order valence-electron chi connectivity index (χ1n) is 5.81. The topological polar surface area (TPSA) is 48.2 Å². The molecule has 1 heterocycles. The molecule has 0 saturated heterocycles. The number of methoxy groups -OCH3 is 1. The monoisotopic (exact) mass is 266 g/mol. The highest BCUT2D eigenvalue weighted by Crippen LogP contribution is 2.22. The van der Waals surface area contributed by atoms with Crippen LogP contribution in [0, 0.1) is 0 Å². The molecule has 2 aromatic rings. The van der Waals surface area contributed by atoms with Crippen molar-refractivity contribution in [3.8, 4) is 0 Å². The summed E-state index contributed by atoms with van der Waals surface area (Å²) in [6, 6.07) is 9.82. The van der Waals surface area contributed by atoms with Crippen molar-refractivity contribution in [1.82, 2.24) is 10.1 Å². The van der Waals surface area contributed by atoms with Gasteiger partial charge in [0, 0.05) is 19.4 Å². The number of hydrogen-bond acceptors (Lipinski definition) is 4. The van der Waals surface area contributed by atoms with Gasteiger partial charge in [-0.15, -0.1) is 11.6 Å². The van der Waals surface area contributed by atoms with Crippen LogP contribution in [-0.2, 0) is 11.2 Å². The third-order valence-corrected chi connectivity index (χ3v) is 2.85. The molecule has 0 aliphatic carbocycles. The van der Waals surface area contributed by atoms with Crippen molar-refractivity contribution < 1.29 is 9.26 Å². The molecular formula is C13H15ClN2O2. The number of halogens is 1. The molecule has 0 aliphatic heterocycles. The van der Waals surface area contributed by atoms with Crippen LogP contribution >= 0.6 is 11.6 Å². The van der Waals surface area contributed by atoms with E-state index in [1.807, 2.05) is 30.3 Å². The summed E-state index contributed by atoms with van der Waals surface area (Å²) in [5.41, 5.74) is 1.00. The van der Waals surface area contributed by atoms with Crippen LogP contribution in [-0.4, -0.2) is 23.1 Å². The molecule has 0 aliphatic rings. The lowest BCUT2D eigenvalue weighted by Gasteiger charge is -2.10. The Labute approximate surface area is 111 Å². The fourth-order valence-corrected chi connectivity index (χ4v) is 1.85. The van der Waals surface area contributed by atoms with Crippen LogP contribution in [0.4, 0.5) is 0 Å². The van der Waals surface area contributed by atoms with Gasteiger partial charge in [-0.1, -0.05) is 35.5 Å². The van der Waals surface area contributed by atoms with Gasteiger partial charge in [0.15, 0.2) is 0 Å². The smallest absolute Gasteiger partial charge is 0.226 e. The van der Waals surface area contributed by atoms with Crippen molar-refractivity contribution in [2.45, 2.75) is 18.9 Å². The van der Waals surface area contributed by atoms with Gasteiger partial charge in [-0.3, -0.25) is 0 Å². The van der Waals surface area contributed by atoms with E-state index in [9.17, 15) is 0 Å². The van der Waals surface area contributed by atoms with E-state index in [1.54, 1.807) is 7.11 Å². The van der Waals surface area contributed by atoms with Gasteiger partial charge in [0.2, 0.25) is 11.7 Å². The van der Waals surface area contributed by atoms with Gasteiger partial charge in [0.1, 0.15) is 6.10 Å². The van der Waals surface area contributed by atoms with Crippen molar-refractivity contribution in [1.29, 1.82) is 0 Å². The summed E-state index contributed by atoms with van der Waals surface area (Å²) in [4.78, 5) is 4.33. The normalized spacial score (nSPS) is 12.6. The lowest BCUT2D eigenvalue weighted by Crippen LogP contribution is -2.05. The number of alkyl halides is 1. The fourth-order valence-electron chi connectivity index (χ4n) is 1.71. The molecule has 18 heavy (non-hydrogen) atoms. The predicted molar refractivity (Wildman–Crippen MR) is 68.6 cm³/mol. The minimum Gasteiger partial charge on any atom is -0.369 e. The number of aromatic nitrogens is 2. The molecular weight excluding hydrogens is 252 g/mol. The summed E-state index contributed by atoms with van der Waals surface area (Å²) in [5, 5.41) is 3.96. The minimum absolute atomic E-state index is 0.292. The van der Waals surface area contributed by atoms with Crippen LogP contribution in [0.1, 0.15) is 29.8 Å². The van der Waals surface area contributed by atoms with Crippen molar-refractivity contribution in [2.75, 3.05) is 13.0 Å². The van der Waals surface area contributed by atoms with Gasteiger partial charge >= 0.3 is 0 Å². The van der Waals surface area contributed by atoms with Crippen LogP contribution in [0.3, 0.4) is 0 Å². The number of ether oxygens (including phenoxy) is 1. The zero-order chi connectivity index (χ0) is 12.8. The maximum Gasteiger partial charge on any atom is 0.226 e. The maximum atomic E-state index is 5.63. The first-order valence-corrected chi connectivity index (χ1v) is 6.34. The molecule has 0 spiro atoms. The molecule has 5 heteroatoms. The van der Waals surface area contributed by atoms with E-state index in [1.165, 1.54) is 0 Å². The van der Waals surface area contributed by atoms with Gasteiger partial charge < -0.3 is 9.26 Å². The third kappa shape index (κ3) is 3.09. The van der Waals surface area contributed by atoms with E-state index >= 15 is 0 Å². The van der Waals surface area contributed by atoms with E-state index in [0.29, 0.717) is 24.0 Å². The van der Waals surface area contributed by atoms with Gasteiger partial charge in [-0.05, 0) is 12.0 Å². The molecule has 2 rings (SSSR count). The van der Waals surface area contributed by atoms with E-state index in [0.717, 1.165) is 12.0 Å². The fraction of sp³-hybridized carbons (Fsp3) is 0.385. The zero-order valence-corrected chi connectivity index (χ0v) is 10.9. The molecule has 0 bridgehead atoms. The Morgan fingerprint density at radius 3 is 2.78 bits per heavy atom. The Balaban J connectivity index is 2.15. The number of aryl methyl sites for hydroxylation is 1. The molecule has 0 N–H and O–H groups in total. The molecule has 96 valence electrons. The Bertz CT molecular complexity index is 473. The SMILES string of the molecule is COC(c1ccccc1)c1noc(CCCCl)n1. The van der Waals surface area contributed by atoms with Gasteiger partial charge in [-0.2, -0.15) is 4.98 Å². The summed E-state index contributed by atoms with van der Waals surface area (Å²) in [6.07, 6.45) is 1.23. The van der Waals surface area contributed by atoms with E-state index in [-0.39, 0.29) is 6.10 Å². The van der Waals surface area contributed by atoms with E-state index < -0.39 is 0 Å². The Hall–Kier alpha value is -1.39. The lowest BCUT2D eigenvalue weighted by atomic mass is 10.1. The molecule has 1 aromatic heterocycles. The quantitative estimate of drug-likeness (QED) is 0.754. The highest BCUT2D eigenvalue weighted by molar-refractivity contribution is 6.17. The third-order valence-electron chi connectivity index (χ3n) is 2.58. The number of nitrogens with zero attached hydrogens (tertiary/aromatic N) is 2. The lowest BCUT2D eigenvalue weighted by molar-refractivity contribution is 0.126. The second kappa shape index (κ2) is 6.52. The van der Waals surface area contributed by atoms with Crippen LogP contribution in [0.5, 0.6) is 0 Å². The van der Waals surface area contributed by atoms with Gasteiger partial charge in [0.25, 0.3) is 0 Å². The van der Waals surface area contributed by atoms with Gasteiger partial charge in [-0.25, -0.2) is 0 Å². The van der Waals surface area contributed by atoms with E-state index in [2.05, 4.69) is 10.1 Å². The van der Waals surface area contributed by atoms with E-state index in [4.69, 9.17) is 20.9 Å². The highest BCUT2D eigenvalue weighted by Gasteiger charge is 2.19. The Morgan fingerprint density at radius 2 is 2.11 bits per heavy atom. The molecule has 1 aromatic carbocycles. The molecule has 0 radical (unpaired) electrons. The first kappa shape index (κ1) is 13.1. The van der Waals surface area contributed by atoms with Crippen LogP contribution in [0.15, 0.2) is 34.9 Å². The number of rotatable bonds is 6. The average molecular weight is 267 g/mol. The average Bonchev–Trinajstić information content (AvgIpc) is 2.87. The first-order chi connectivity index (χ1) is 8.85. The minimum atomic E-state index is -0.292. The van der Waals surface area contributed by atoms with Crippen LogP contribution < -0.4 is 0 Å². The van der Waals surface area contributed by atoms with Crippen molar-refractivity contribution >= 4 is 11.6 Å². The summed E-state index contributed by atoms with van der Waals surface area (Å²) in [7, 11) is 1.63. The Morgan fingerprint density at radius 1 is 1.33 bits per heavy atom. The maximum absolute atomic E-state index is 5.63. The van der Waals surface area contributed by atoms with Crippen molar-refractivity contribution in [3.05, 3.63) is 47.6 Å². The number of benzene rings is 1. The van der Waals surface area contributed by atoms with Gasteiger partial charge in [0.05, 0.1) is 0 Å². The standard InChI is InChI=1S/C13H15ClN2O2/c1-17-12(10-6-3-2-4-7-10)13-15-11(18-16-13)8-5-9-14/h2-4,6-7,12H,5,8-9H2,1H3. The highest BCUT2D eigenvalue weighted by atomic mass is 35.5. The summed E-state index contributed by atoms with van der Waals surface area (Å²) < 4.78 is 10.6. The second-order valence-electron chi connectivity index (χ2n) is 3.87. The summed E-state index contributed by atoms with van der Waals surface area (Å²) in [5.74, 6) is 1.74. The zero-order valence-electron chi connectivity index (χ0n) is 10.2. The number of hydrogen-bond donors (Lipinski definition) is 0. The molecule has 0 fully saturated rings. The predicted octanol–water partition coefficient (Wildman–Crippen LogP) is 2.98. The Kier molecular flexibility index (Phi) is 4.73. The van der Waals surface area contributed by atoms with Crippen molar-refractivity contribution in [3.63, 3.8) is 0 Å². The van der Waals surface area contributed by atoms with Crippen molar-refractivity contribution in [2.24, 2.45) is 0 Å². The molecule has 1 atom stereocenters. The summed E-state index contributed by atoms with van der Waals surface area (Å²) in [6.45, 7) is 0. The summed E-state index contributed by atoms with van der Waals surface area (Å²) >= 11 is 5.63. The van der Waals surface area contributed by atoms with Crippen LogP contribution in [0.25, 0.3) is 0 Å². The largest absolute Gasteiger partial charge is 0.369 e. The molecule has 0 amide bonds. The molecule has 4 nitrogen and oxygen atoms in total. The van der Waals surface area contributed by atoms with Crippen LogP contribution in [0.2, 0.25) is 0 Å². The second-order valence-corrected chi connectivity index (χ2v) is 4.24. The molecule has 0 saturated carbocycles. The molecule has 1 unspecified atom stereocenters.